The first-order valence-corrected chi connectivity index (χ1v) is 12.0. The number of nitrogens with zero attached hydrogens (tertiary/aromatic N) is 6. The maximum Gasteiger partial charge on any atom is 0.194 e. The molecule has 1 N–H and O–H groups in total. The van der Waals surface area contributed by atoms with Crippen molar-refractivity contribution in [3.8, 4) is 0 Å². The Morgan fingerprint density at radius 3 is 2.27 bits per heavy atom. The number of likely N-dealkylation sites (N-methyl/N-ethyl adjacent to an activating group) is 1. The number of nitrogens with one attached hydrogen (secondary N) is 1. The van der Waals surface area contributed by atoms with Crippen LogP contribution in [0, 0.1) is 0 Å². The third-order valence-electron chi connectivity index (χ3n) is 6.40. The van der Waals surface area contributed by atoms with Gasteiger partial charge in [-0.2, -0.15) is 0 Å². The minimum atomic E-state index is 0. The van der Waals surface area contributed by atoms with Gasteiger partial charge < -0.3 is 24.9 Å². The van der Waals surface area contributed by atoms with Gasteiger partial charge in [-0.25, -0.2) is 9.98 Å². The number of pyridine rings is 1. The van der Waals surface area contributed by atoms with Crippen molar-refractivity contribution in [1.29, 1.82) is 0 Å². The summed E-state index contributed by atoms with van der Waals surface area (Å²) in [5.41, 5.74) is 2.52. The summed E-state index contributed by atoms with van der Waals surface area (Å²) in [6.07, 6.45) is 1.93. The molecule has 33 heavy (non-hydrogen) atoms. The molecule has 0 spiro atoms. The van der Waals surface area contributed by atoms with Gasteiger partial charge >= 0.3 is 0 Å². The number of para-hydroxylation sites is 1. The van der Waals surface area contributed by atoms with E-state index in [0.29, 0.717) is 6.54 Å². The zero-order valence-corrected chi connectivity index (χ0v) is 22.3. The van der Waals surface area contributed by atoms with Crippen LogP contribution in [0.3, 0.4) is 0 Å². The van der Waals surface area contributed by atoms with Crippen molar-refractivity contribution in [2.24, 2.45) is 4.99 Å². The van der Waals surface area contributed by atoms with Crippen LogP contribution in [0.25, 0.3) is 0 Å². The molecule has 2 aliphatic rings. The molecule has 1 aromatic heterocycles. The van der Waals surface area contributed by atoms with Crippen molar-refractivity contribution in [3.63, 3.8) is 0 Å². The monoisotopic (exact) mass is 563 g/mol. The van der Waals surface area contributed by atoms with Crippen molar-refractivity contribution < 1.29 is 0 Å². The van der Waals surface area contributed by atoms with Gasteiger partial charge in [-0.1, -0.05) is 25.1 Å². The molecule has 8 heteroatoms. The summed E-state index contributed by atoms with van der Waals surface area (Å²) in [5.74, 6) is 2.09. The number of hydrogen-bond acceptors (Lipinski definition) is 5. The van der Waals surface area contributed by atoms with Gasteiger partial charge in [-0.15, -0.1) is 24.0 Å². The predicted octanol–water partition coefficient (Wildman–Crippen LogP) is 3.13. The van der Waals surface area contributed by atoms with E-state index < -0.39 is 0 Å². The van der Waals surface area contributed by atoms with E-state index in [1.54, 1.807) is 0 Å². The number of benzene rings is 1. The van der Waals surface area contributed by atoms with E-state index >= 15 is 0 Å². The second-order valence-corrected chi connectivity index (χ2v) is 8.42. The Hall–Kier alpha value is -2.07. The number of halogens is 1. The Kier molecular flexibility index (Phi) is 10.1. The normalized spacial score (nSPS) is 17.6. The molecule has 180 valence electrons. The Morgan fingerprint density at radius 1 is 0.909 bits per heavy atom. The molecule has 7 nitrogen and oxygen atoms in total. The summed E-state index contributed by atoms with van der Waals surface area (Å²) in [5, 5.41) is 3.49. The van der Waals surface area contributed by atoms with Crippen LogP contribution >= 0.6 is 24.0 Å². The smallest absolute Gasteiger partial charge is 0.194 e. The Labute approximate surface area is 215 Å². The van der Waals surface area contributed by atoms with Crippen LogP contribution in [0.2, 0.25) is 0 Å². The number of guanidine groups is 1. The van der Waals surface area contributed by atoms with Gasteiger partial charge in [0.2, 0.25) is 0 Å². The first kappa shape index (κ1) is 25.6. The highest BCUT2D eigenvalue weighted by Gasteiger charge is 2.20. The lowest BCUT2D eigenvalue weighted by atomic mass is 10.2. The van der Waals surface area contributed by atoms with Crippen molar-refractivity contribution in [2.75, 3.05) is 75.2 Å². The highest BCUT2D eigenvalue weighted by Crippen LogP contribution is 2.17. The van der Waals surface area contributed by atoms with Crippen LogP contribution in [-0.4, -0.2) is 86.2 Å². The fourth-order valence-electron chi connectivity index (χ4n) is 4.43. The SMILES string of the molecule is CCNC(=NCc1ccnc(N2CCN(CC)CC2)c1)N1CCN(c2ccccc2)CC1.I. The molecule has 4 rings (SSSR count). The summed E-state index contributed by atoms with van der Waals surface area (Å²) in [6.45, 7) is 15.3. The molecule has 2 aromatic rings. The summed E-state index contributed by atoms with van der Waals surface area (Å²) in [7, 11) is 0. The Morgan fingerprint density at radius 2 is 1.61 bits per heavy atom. The lowest BCUT2D eigenvalue weighted by Crippen LogP contribution is -2.52. The number of anilines is 2. The van der Waals surface area contributed by atoms with Crippen molar-refractivity contribution in [2.45, 2.75) is 20.4 Å². The number of rotatable bonds is 6. The van der Waals surface area contributed by atoms with Crippen molar-refractivity contribution in [3.05, 3.63) is 54.2 Å². The molecule has 2 fully saturated rings. The second-order valence-electron chi connectivity index (χ2n) is 8.42. The van der Waals surface area contributed by atoms with Gasteiger partial charge in [0.05, 0.1) is 6.54 Å². The van der Waals surface area contributed by atoms with Crippen molar-refractivity contribution >= 4 is 41.4 Å². The van der Waals surface area contributed by atoms with E-state index in [0.717, 1.165) is 77.2 Å². The molecule has 0 amide bonds. The number of aliphatic imine (C=N–C) groups is 1. The summed E-state index contributed by atoms with van der Waals surface area (Å²) in [4.78, 5) is 19.3. The highest BCUT2D eigenvalue weighted by molar-refractivity contribution is 14.0. The molecule has 2 aliphatic heterocycles. The molecule has 0 bridgehead atoms. The van der Waals surface area contributed by atoms with Gasteiger partial charge in [0.15, 0.2) is 5.96 Å². The molecule has 2 saturated heterocycles. The quantitative estimate of drug-likeness (QED) is 0.331. The lowest BCUT2D eigenvalue weighted by molar-refractivity contribution is 0.270. The molecule has 0 saturated carbocycles. The number of aromatic nitrogens is 1. The van der Waals surface area contributed by atoms with Crippen LogP contribution in [-0.2, 0) is 6.54 Å². The van der Waals surface area contributed by atoms with E-state index in [1.807, 2.05) is 6.20 Å². The standard InChI is InChI=1S/C25H37N7.HI/c1-3-26-25(32-18-16-30(17-19-32)23-8-6-5-7-9-23)28-21-22-10-11-27-24(20-22)31-14-12-29(4-2)13-15-31;/h5-11,20H,3-4,12-19,21H2,1-2H3,(H,26,28);1H. The maximum absolute atomic E-state index is 4.98. The van der Waals surface area contributed by atoms with Gasteiger partial charge in [0.25, 0.3) is 0 Å². The van der Waals surface area contributed by atoms with Crippen LogP contribution in [0.1, 0.15) is 19.4 Å². The molecule has 3 heterocycles. The molecular formula is C25H38IN7. The molecule has 1 aromatic carbocycles. The number of hydrogen-bond donors (Lipinski definition) is 1. The minimum Gasteiger partial charge on any atom is -0.368 e. The topological polar surface area (TPSA) is 50.2 Å². The molecular weight excluding hydrogens is 525 g/mol. The second kappa shape index (κ2) is 13.0. The van der Waals surface area contributed by atoms with E-state index in [4.69, 9.17) is 4.99 Å². The summed E-state index contributed by atoms with van der Waals surface area (Å²) < 4.78 is 0. The first-order valence-electron chi connectivity index (χ1n) is 12.0. The largest absolute Gasteiger partial charge is 0.368 e. The third kappa shape index (κ3) is 6.96. The van der Waals surface area contributed by atoms with Gasteiger partial charge in [0.1, 0.15) is 5.82 Å². The van der Waals surface area contributed by atoms with Crippen LogP contribution < -0.4 is 15.1 Å². The summed E-state index contributed by atoms with van der Waals surface area (Å²) >= 11 is 0. The predicted molar refractivity (Wildman–Crippen MR) is 149 cm³/mol. The number of piperazine rings is 2. The maximum atomic E-state index is 4.98. The molecule has 0 aliphatic carbocycles. The van der Waals surface area contributed by atoms with E-state index in [2.05, 4.69) is 86.2 Å². The summed E-state index contributed by atoms with van der Waals surface area (Å²) in [6, 6.07) is 15.0. The third-order valence-corrected chi connectivity index (χ3v) is 6.40. The minimum absolute atomic E-state index is 0. The van der Waals surface area contributed by atoms with Crippen LogP contribution in [0.4, 0.5) is 11.5 Å². The zero-order chi connectivity index (χ0) is 22.2. The van der Waals surface area contributed by atoms with E-state index in [9.17, 15) is 0 Å². The first-order chi connectivity index (χ1) is 15.8. The molecule has 0 atom stereocenters. The fraction of sp³-hybridized carbons (Fsp3) is 0.520. The van der Waals surface area contributed by atoms with Gasteiger partial charge in [-0.3, -0.25) is 0 Å². The molecule has 0 unspecified atom stereocenters. The van der Waals surface area contributed by atoms with E-state index in [1.165, 1.54) is 11.3 Å². The average molecular weight is 564 g/mol. The van der Waals surface area contributed by atoms with E-state index in [-0.39, 0.29) is 24.0 Å². The van der Waals surface area contributed by atoms with Crippen LogP contribution in [0.15, 0.2) is 53.7 Å². The molecule has 0 radical (unpaired) electrons. The Bertz CT molecular complexity index is 860. The van der Waals surface area contributed by atoms with Crippen LogP contribution in [0.5, 0.6) is 0 Å². The zero-order valence-electron chi connectivity index (χ0n) is 20.0. The fourth-order valence-corrected chi connectivity index (χ4v) is 4.43. The van der Waals surface area contributed by atoms with Gasteiger partial charge in [-0.05, 0) is 43.3 Å². The average Bonchev–Trinajstić information content (AvgIpc) is 2.87. The highest BCUT2D eigenvalue weighted by atomic mass is 127. The van der Waals surface area contributed by atoms with Gasteiger partial charge in [0, 0.05) is 70.8 Å². The van der Waals surface area contributed by atoms with Crippen molar-refractivity contribution in [1.82, 2.24) is 20.1 Å². The lowest BCUT2D eigenvalue weighted by Gasteiger charge is -2.37. The Balaban J connectivity index is 0.00000306.